The normalized spacial score (nSPS) is 10.4. The van der Waals surface area contributed by atoms with Gasteiger partial charge < -0.3 is 10.6 Å². The molecule has 0 saturated carbocycles. The number of carbonyl (C=O) groups is 2. The zero-order valence-corrected chi connectivity index (χ0v) is 15.4. The second kappa shape index (κ2) is 8.90. The average molecular weight is 377 g/mol. The molecular weight excluding hydrogens is 357 g/mol. The van der Waals surface area contributed by atoms with Gasteiger partial charge in [0.1, 0.15) is 11.5 Å². The summed E-state index contributed by atoms with van der Waals surface area (Å²) in [7, 11) is 0. The van der Waals surface area contributed by atoms with Gasteiger partial charge in [-0.2, -0.15) is 0 Å². The van der Waals surface area contributed by atoms with Crippen molar-refractivity contribution in [2.45, 2.75) is 13.3 Å². The van der Waals surface area contributed by atoms with Crippen LogP contribution in [0, 0.1) is 12.7 Å². The van der Waals surface area contributed by atoms with E-state index >= 15 is 0 Å². The second-order valence-electron chi connectivity index (χ2n) is 6.35. The number of rotatable bonds is 6. The maximum atomic E-state index is 13.6. The van der Waals surface area contributed by atoms with Crippen molar-refractivity contribution in [1.29, 1.82) is 0 Å². The summed E-state index contributed by atoms with van der Waals surface area (Å²) in [6.07, 6.45) is 1.78. The van der Waals surface area contributed by atoms with Crippen LogP contribution < -0.4 is 10.6 Å². The van der Waals surface area contributed by atoms with E-state index in [1.54, 1.807) is 24.3 Å². The number of nitrogens with zero attached hydrogens (tertiary/aromatic N) is 1. The number of anilines is 1. The third-order valence-corrected chi connectivity index (χ3v) is 4.20. The highest BCUT2D eigenvalue weighted by Gasteiger charge is 2.12. The molecule has 2 N–H and O–H groups in total. The van der Waals surface area contributed by atoms with E-state index in [2.05, 4.69) is 15.6 Å². The number of aromatic nitrogens is 1. The molecule has 3 aromatic rings. The van der Waals surface area contributed by atoms with Crippen molar-refractivity contribution in [3.05, 3.63) is 95.1 Å². The number of amides is 2. The predicted octanol–water partition coefficient (Wildman–Crippen LogP) is 3.75. The van der Waals surface area contributed by atoms with Gasteiger partial charge in [-0.05, 0) is 49.2 Å². The van der Waals surface area contributed by atoms with Crippen molar-refractivity contribution in [3.63, 3.8) is 0 Å². The second-order valence-corrected chi connectivity index (χ2v) is 6.35. The molecule has 1 aromatic heterocycles. The first-order valence-electron chi connectivity index (χ1n) is 8.88. The van der Waals surface area contributed by atoms with E-state index in [-0.39, 0.29) is 24.0 Å². The van der Waals surface area contributed by atoms with Crippen molar-refractivity contribution in [3.8, 4) is 0 Å². The number of benzene rings is 2. The van der Waals surface area contributed by atoms with Crippen LogP contribution >= 0.6 is 0 Å². The van der Waals surface area contributed by atoms with Gasteiger partial charge in [0.05, 0.1) is 0 Å². The minimum absolute atomic E-state index is 0.130. The lowest BCUT2D eigenvalue weighted by Crippen LogP contribution is -2.27. The molecule has 28 heavy (non-hydrogen) atoms. The van der Waals surface area contributed by atoms with Crippen LogP contribution in [0.2, 0.25) is 0 Å². The lowest BCUT2D eigenvalue weighted by molar-refractivity contribution is 0.0949. The molecule has 0 aliphatic heterocycles. The molecular formula is C22H20FN3O2. The topological polar surface area (TPSA) is 71.1 Å². The Bertz CT molecular complexity index is 987. The Morgan fingerprint density at radius 2 is 1.75 bits per heavy atom. The standard InChI is InChI=1S/C22H20FN3O2/c1-15-6-8-18(9-7-15)26-21(27)17-11-12-24-20(14-17)22(28)25-13-10-16-4-2-3-5-19(16)23/h2-9,11-12,14H,10,13H2,1H3,(H,25,28)(H,26,27). The van der Waals surface area contributed by atoms with Crippen LogP contribution in [0.5, 0.6) is 0 Å². The van der Waals surface area contributed by atoms with Gasteiger partial charge in [0, 0.05) is 24.0 Å². The maximum Gasteiger partial charge on any atom is 0.269 e. The Balaban J connectivity index is 1.60. The van der Waals surface area contributed by atoms with Crippen LogP contribution in [0.15, 0.2) is 66.9 Å². The molecule has 2 amide bonds. The summed E-state index contributed by atoms with van der Waals surface area (Å²) in [5, 5.41) is 5.48. The van der Waals surface area contributed by atoms with Crippen LogP contribution in [-0.4, -0.2) is 23.3 Å². The average Bonchev–Trinajstić information content (AvgIpc) is 2.71. The van der Waals surface area contributed by atoms with Crippen molar-refractivity contribution in [2.75, 3.05) is 11.9 Å². The van der Waals surface area contributed by atoms with Crippen molar-refractivity contribution in [2.24, 2.45) is 0 Å². The highest BCUT2D eigenvalue weighted by molar-refractivity contribution is 6.05. The Hall–Kier alpha value is -3.54. The molecule has 0 unspecified atom stereocenters. The van der Waals surface area contributed by atoms with Gasteiger partial charge in [-0.3, -0.25) is 14.6 Å². The van der Waals surface area contributed by atoms with Crippen molar-refractivity contribution < 1.29 is 14.0 Å². The number of hydrogen-bond donors (Lipinski definition) is 2. The highest BCUT2D eigenvalue weighted by atomic mass is 19.1. The molecule has 0 bridgehead atoms. The third-order valence-electron chi connectivity index (χ3n) is 4.20. The fourth-order valence-electron chi connectivity index (χ4n) is 2.64. The molecule has 142 valence electrons. The first kappa shape index (κ1) is 19.2. The van der Waals surface area contributed by atoms with E-state index < -0.39 is 5.91 Å². The zero-order valence-electron chi connectivity index (χ0n) is 15.4. The van der Waals surface area contributed by atoms with Gasteiger partial charge in [0.25, 0.3) is 11.8 Å². The molecule has 6 heteroatoms. The number of nitrogens with one attached hydrogen (secondary N) is 2. The minimum atomic E-state index is -0.415. The summed E-state index contributed by atoms with van der Waals surface area (Å²) in [5.74, 6) is -1.04. The van der Waals surface area contributed by atoms with Crippen LogP contribution in [0.4, 0.5) is 10.1 Å². The van der Waals surface area contributed by atoms with Crippen LogP contribution in [-0.2, 0) is 6.42 Å². The lowest BCUT2D eigenvalue weighted by Gasteiger charge is -2.08. The largest absolute Gasteiger partial charge is 0.350 e. The number of pyridine rings is 1. The summed E-state index contributed by atoms with van der Waals surface area (Å²) in [4.78, 5) is 28.7. The Morgan fingerprint density at radius 1 is 1.00 bits per heavy atom. The van der Waals surface area contributed by atoms with Crippen molar-refractivity contribution in [1.82, 2.24) is 10.3 Å². The quantitative estimate of drug-likeness (QED) is 0.687. The first-order chi connectivity index (χ1) is 13.5. The summed E-state index contributed by atoms with van der Waals surface area (Å²) < 4.78 is 13.6. The zero-order chi connectivity index (χ0) is 19.9. The lowest BCUT2D eigenvalue weighted by atomic mass is 10.1. The third kappa shape index (κ3) is 5.01. The fraction of sp³-hybridized carbons (Fsp3) is 0.136. The molecule has 0 aliphatic carbocycles. The van der Waals surface area contributed by atoms with Gasteiger partial charge in [-0.1, -0.05) is 35.9 Å². The summed E-state index contributed by atoms with van der Waals surface area (Å²) >= 11 is 0. The Kier molecular flexibility index (Phi) is 6.11. The van der Waals surface area contributed by atoms with Crippen molar-refractivity contribution >= 4 is 17.5 Å². The predicted molar refractivity (Wildman–Crippen MR) is 106 cm³/mol. The van der Waals surface area contributed by atoms with Crippen LogP contribution in [0.25, 0.3) is 0 Å². The molecule has 0 atom stereocenters. The molecule has 3 rings (SSSR count). The van der Waals surface area contributed by atoms with Gasteiger partial charge >= 0.3 is 0 Å². The molecule has 0 saturated heterocycles. The number of carbonyl (C=O) groups excluding carboxylic acids is 2. The fourth-order valence-corrected chi connectivity index (χ4v) is 2.64. The number of hydrogen-bond acceptors (Lipinski definition) is 3. The van der Waals surface area contributed by atoms with Gasteiger partial charge in [-0.15, -0.1) is 0 Å². The maximum absolute atomic E-state index is 13.6. The van der Waals surface area contributed by atoms with E-state index in [0.717, 1.165) is 5.56 Å². The number of aryl methyl sites for hydroxylation is 1. The van der Waals surface area contributed by atoms with Gasteiger partial charge in [-0.25, -0.2) is 4.39 Å². The number of halogens is 1. The van der Waals surface area contributed by atoms with Crippen LogP contribution in [0.3, 0.4) is 0 Å². The summed E-state index contributed by atoms with van der Waals surface area (Å²) in [6, 6.07) is 16.8. The van der Waals surface area contributed by atoms with Crippen LogP contribution in [0.1, 0.15) is 32.0 Å². The monoisotopic (exact) mass is 377 g/mol. The Labute approximate surface area is 162 Å². The summed E-state index contributed by atoms with van der Waals surface area (Å²) in [5.41, 5.74) is 2.75. The van der Waals surface area contributed by atoms with E-state index in [1.807, 2.05) is 31.2 Å². The molecule has 0 fully saturated rings. The molecule has 1 heterocycles. The SMILES string of the molecule is Cc1ccc(NC(=O)c2ccnc(C(=O)NCCc3ccccc3F)c2)cc1. The molecule has 5 nitrogen and oxygen atoms in total. The molecule has 0 aliphatic rings. The van der Waals surface area contributed by atoms with E-state index in [9.17, 15) is 14.0 Å². The smallest absolute Gasteiger partial charge is 0.269 e. The molecule has 0 radical (unpaired) electrons. The van der Waals surface area contributed by atoms with E-state index in [0.29, 0.717) is 23.2 Å². The molecule has 0 spiro atoms. The Morgan fingerprint density at radius 3 is 2.50 bits per heavy atom. The highest BCUT2D eigenvalue weighted by Crippen LogP contribution is 2.11. The summed E-state index contributed by atoms with van der Waals surface area (Å²) in [6.45, 7) is 2.23. The molecule has 2 aromatic carbocycles. The first-order valence-corrected chi connectivity index (χ1v) is 8.88. The van der Waals surface area contributed by atoms with Gasteiger partial charge in [0.2, 0.25) is 0 Å². The van der Waals surface area contributed by atoms with E-state index in [4.69, 9.17) is 0 Å². The van der Waals surface area contributed by atoms with Gasteiger partial charge in [0.15, 0.2) is 0 Å². The van der Waals surface area contributed by atoms with E-state index in [1.165, 1.54) is 18.3 Å². The minimum Gasteiger partial charge on any atom is -0.350 e.